The normalized spacial score (nSPS) is 10.8. The first-order valence-electron chi connectivity index (χ1n) is 11.3. The number of rotatable bonds is 9. The van der Waals surface area contributed by atoms with Gasteiger partial charge in [0.2, 0.25) is 0 Å². The molecule has 2 aromatic carbocycles. The summed E-state index contributed by atoms with van der Waals surface area (Å²) >= 11 is 0. The van der Waals surface area contributed by atoms with E-state index in [4.69, 9.17) is 9.47 Å². The van der Waals surface area contributed by atoms with Crippen molar-refractivity contribution in [2.45, 2.75) is 34.2 Å². The molecule has 0 saturated carbocycles. The number of nitrogens with zero attached hydrogens (tertiary/aromatic N) is 4. The minimum Gasteiger partial charge on any atom is -0.490 e. The van der Waals surface area contributed by atoms with Crippen molar-refractivity contribution in [3.8, 4) is 17.2 Å². The second kappa shape index (κ2) is 10.2. The van der Waals surface area contributed by atoms with Gasteiger partial charge < -0.3 is 14.8 Å². The van der Waals surface area contributed by atoms with Crippen molar-refractivity contribution in [2.24, 2.45) is 0 Å². The number of aryl methyl sites for hydroxylation is 1. The summed E-state index contributed by atoms with van der Waals surface area (Å²) in [4.78, 5) is 13.1. The number of amides is 1. The fourth-order valence-electron chi connectivity index (χ4n) is 3.88. The number of anilines is 1. The van der Waals surface area contributed by atoms with Crippen molar-refractivity contribution in [2.75, 3.05) is 18.5 Å². The Morgan fingerprint density at radius 1 is 1.00 bits per heavy atom. The van der Waals surface area contributed by atoms with Crippen molar-refractivity contribution in [1.29, 1.82) is 0 Å². The SMILES string of the molecule is CCOc1ccc(Cn2cc(NC(=O)c3c(C)nn(-c4ccccc4)c3C)cn2)cc1OCC. The third-order valence-corrected chi connectivity index (χ3v) is 5.36. The Kier molecular flexibility index (Phi) is 6.96. The number of carbonyl (C=O) groups is 1. The molecule has 0 unspecified atom stereocenters. The van der Waals surface area contributed by atoms with Crippen molar-refractivity contribution in [3.05, 3.63) is 83.4 Å². The van der Waals surface area contributed by atoms with Crippen LogP contribution in [0.4, 0.5) is 5.69 Å². The van der Waals surface area contributed by atoms with E-state index in [0.29, 0.717) is 42.5 Å². The summed E-state index contributed by atoms with van der Waals surface area (Å²) < 4.78 is 14.9. The van der Waals surface area contributed by atoms with Crippen LogP contribution in [0.5, 0.6) is 11.5 Å². The quantitative estimate of drug-likeness (QED) is 0.389. The molecule has 4 aromatic rings. The van der Waals surface area contributed by atoms with Gasteiger partial charge in [-0.3, -0.25) is 9.48 Å². The highest BCUT2D eigenvalue weighted by atomic mass is 16.5. The number of ether oxygens (including phenoxy) is 2. The van der Waals surface area contributed by atoms with Crippen LogP contribution in [0.15, 0.2) is 60.9 Å². The average Bonchev–Trinajstić information content (AvgIpc) is 3.39. The molecule has 0 atom stereocenters. The fourth-order valence-corrected chi connectivity index (χ4v) is 3.88. The monoisotopic (exact) mass is 459 g/mol. The molecule has 1 amide bonds. The van der Waals surface area contributed by atoms with E-state index in [1.807, 2.05) is 76.2 Å². The van der Waals surface area contributed by atoms with Gasteiger partial charge in [0, 0.05) is 6.20 Å². The molecule has 0 spiro atoms. The Morgan fingerprint density at radius 2 is 1.74 bits per heavy atom. The van der Waals surface area contributed by atoms with Crippen LogP contribution in [0.25, 0.3) is 5.69 Å². The highest BCUT2D eigenvalue weighted by molar-refractivity contribution is 6.05. The molecule has 0 aliphatic heterocycles. The Hall–Kier alpha value is -4.07. The standard InChI is InChI=1S/C26H29N5O3/c1-5-33-23-13-12-20(14-24(23)34-6-2)16-30-17-21(15-27-30)28-26(32)25-18(3)29-31(19(25)4)22-10-8-7-9-11-22/h7-15,17H,5-6,16H2,1-4H3,(H,28,32). The van der Waals surface area contributed by atoms with Crippen molar-refractivity contribution in [1.82, 2.24) is 19.6 Å². The fraction of sp³-hybridized carbons (Fsp3) is 0.269. The lowest BCUT2D eigenvalue weighted by Crippen LogP contribution is -2.13. The number of benzene rings is 2. The Labute approximate surface area is 199 Å². The molecule has 0 aliphatic carbocycles. The van der Waals surface area contributed by atoms with Gasteiger partial charge in [0.05, 0.1) is 54.3 Å². The third-order valence-electron chi connectivity index (χ3n) is 5.36. The average molecular weight is 460 g/mol. The zero-order chi connectivity index (χ0) is 24.1. The first kappa shape index (κ1) is 23.1. The maximum atomic E-state index is 13.1. The van der Waals surface area contributed by atoms with E-state index in [1.54, 1.807) is 21.8 Å². The molecular formula is C26H29N5O3. The molecule has 1 N–H and O–H groups in total. The van der Waals surface area contributed by atoms with Gasteiger partial charge in [0.25, 0.3) is 5.91 Å². The lowest BCUT2D eigenvalue weighted by atomic mass is 10.2. The van der Waals surface area contributed by atoms with Gasteiger partial charge in [0.1, 0.15) is 0 Å². The van der Waals surface area contributed by atoms with Crippen LogP contribution in [0, 0.1) is 13.8 Å². The van der Waals surface area contributed by atoms with Crippen LogP contribution < -0.4 is 14.8 Å². The predicted molar refractivity (Wildman–Crippen MR) is 131 cm³/mol. The zero-order valence-electron chi connectivity index (χ0n) is 19.9. The number of hydrogen-bond donors (Lipinski definition) is 1. The topological polar surface area (TPSA) is 83.2 Å². The lowest BCUT2D eigenvalue weighted by Gasteiger charge is -2.12. The number of aromatic nitrogens is 4. The largest absolute Gasteiger partial charge is 0.490 e. The second-order valence-electron chi connectivity index (χ2n) is 7.82. The van der Waals surface area contributed by atoms with Crippen LogP contribution in [-0.2, 0) is 6.54 Å². The smallest absolute Gasteiger partial charge is 0.259 e. The number of hydrogen-bond acceptors (Lipinski definition) is 5. The molecule has 0 radical (unpaired) electrons. The summed E-state index contributed by atoms with van der Waals surface area (Å²) in [6.07, 6.45) is 3.45. The van der Waals surface area contributed by atoms with Gasteiger partial charge in [-0.25, -0.2) is 4.68 Å². The van der Waals surface area contributed by atoms with Crippen molar-refractivity contribution >= 4 is 11.6 Å². The van der Waals surface area contributed by atoms with E-state index >= 15 is 0 Å². The maximum absolute atomic E-state index is 13.1. The van der Waals surface area contributed by atoms with Crippen LogP contribution in [0.1, 0.15) is 41.2 Å². The van der Waals surface area contributed by atoms with E-state index in [2.05, 4.69) is 15.5 Å². The lowest BCUT2D eigenvalue weighted by molar-refractivity contribution is 0.102. The second-order valence-corrected chi connectivity index (χ2v) is 7.82. The predicted octanol–water partition coefficient (Wildman–Crippen LogP) is 4.78. The summed E-state index contributed by atoms with van der Waals surface area (Å²) in [6.45, 7) is 9.29. The third kappa shape index (κ3) is 4.96. The summed E-state index contributed by atoms with van der Waals surface area (Å²) in [6, 6.07) is 15.6. The first-order valence-corrected chi connectivity index (χ1v) is 11.3. The van der Waals surface area contributed by atoms with Gasteiger partial charge in [-0.2, -0.15) is 10.2 Å². The minimum absolute atomic E-state index is 0.212. The van der Waals surface area contributed by atoms with Gasteiger partial charge in [0.15, 0.2) is 11.5 Å². The summed E-state index contributed by atoms with van der Waals surface area (Å²) in [5, 5.41) is 11.9. The molecular weight excluding hydrogens is 430 g/mol. The molecule has 176 valence electrons. The molecule has 34 heavy (non-hydrogen) atoms. The van der Waals surface area contributed by atoms with Gasteiger partial charge in [-0.1, -0.05) is 24.3 Å². The van der Waals surface area contributed by atoms with E-state index in [0.717, 1.165) is 22.7 Å². The van der Waals surface area contributed by atoms with E-state index in [-0.39, 0.29) is 5.91 Å². The van der Waals surface area contributed by atoms with Crippen molar-refractivity contribution in [3.63, 3.8) is 0 Å². The maximum Gasteiger partial charge on any atom is 0.259 e. The number of para-hydroxylation sites is 1. The molecule has 2 aromatic heterocycles. The van der Waals surface area contributed by atoms with E-state index in [9.17, 15) is 4.79 Å². The number of nitrogens with one attached hydrogen (secondary N) is 1. The van der Waals surface area contributed by atoms with E-state index in [1.165, 1.54) is 0 Å². The highest BCUT2D eigenvalue weighted by Gasteiger charge is 2.20. The molecule has 8 nitrogen and oxygen atoms in total. The van der Waals surface area contributed by atoms with Gasteiger partial charge in [-0.15, -0.1) is 0 Å². The highest BCUT2D eigenvalue weighted by Crippen LogP contribution is 2.29. The Balaban J connectivity index is 1.48. The molecule has 4 rings (SSSR count). The Morgan fingerprint density at radius 3 is 2.47 bits per heavy atom. The molecule has 0 aliphatic rings. The molecule has 0 bridgehead atoms. The summed E-state index contributed by atoms with van der Waals surface area (Å²) in [5.74, 6) is 1.23. The summed E-state index contributed by atoms with van der Waals surface area (Å²) in [7, 11) is 0. The van der Waals surface area contributed by atoms with E-state index < -0.39 is 0 Å². The van der Waals surface area contributed by atoms with Crippen LogP contribution in [0.2, 0.25) is 0 Å². The summed E-state index contributed by atoms with van der Waals surface area (Å²) in [5.41, 5.74) is 4.56. The molecule has 0 saturated heterocycles. The van der Waals surface area contributed by atoms with Crippen molar-refractivity contribution < 1.29 is 14.3 Å². The molecule has 2 heterocycles. The molecule has 8 heteroatoms. The van der Waals surface area contributed by atoms with Crippen LogP contribution in [0.3, 0.4) is 0 Å². The number of carbonyl (C=O) groups excluding carboxylic acids is 1. The first-order chi connectivity index (χ1) is 16.5. The molecule has 0 fully saturated rings. The van der Waals surface area contributed by atoms with Crippen LogP contribution in [-0.4, -0.2) is 38.7 Å². The minimum atomic E-state index is -0.212. The zero-order valence-corrected chi connectivity index (χ0v) is 19.9. The van der Waals surface area contributed by atoms with Gasteiger partial charge in [-0.05, 0) is 57.5 Å². The van der Waals surface area contributed by atoms with Crippen LogP contribution >= 0.6 is 0 Å². The Bertz CT molecular complexity index is 1280. The van der Waals surface area contributed by atoms with Gasteiger partial charge >= 0.3 is 0 Å².